The number of aryl methyl sites for hydroxylation is 1. The molecule has 0 aliphatic rings. The minimum Gasteiger partial charge on any atom is -0.335 e. The molecule has 1 aromatic heterocycles. The van der Waals surface area contributed by atoms with Gasteiger partial charge in [-0.05, 0) is 36.8 Å². The zero-order chi connectivity index (χ0) is 18.7. The number of nitrogens with two attached hydrogens (primary N) is 1. The highest BCUT2D eigenvalue weighted by molar-refractivity contribution is 7.99. The van der Waals surface area contributed by atoms with Crippen LogP contribution in [0.3, 0.4) is 0 Å². The highest BCUT2D eigenvalue weighted by Gasteiger charge is 2.14. The number of rotatable bonds is 5. The smallest absolute Gasteiger partial charge is 0.234 e. The van der Waals surface area contributed by atoms with Crippen LogP contribution >= 0.6 is 11.8 Å². The third-order valence-electron chi connectivity index (χ3n) is 3.55. The molecule has 2 aromatic carbocycles. The van der Waals surface area contributed by atoms with Crippen LogP contribution in [0.1, 0.15) is 5.56 Å². The Hall–Kier alpha value is -2.94. The van der Waals surface area contributed by atoms with Crippen molar-refractivity contribution in [1.82, 2.24) is 14.9 Å². The molecule has 0 bridgehead atoms. The van der Waals surface area contributed by atoms with Gasteiger partial charge in [-0.15, -0.1) is 10.2 Å². The lowest BCUT2D eigenvalue weighted by molar-refractivity contribution is -0.113. The number of thioether (sulfide) groups is 1. The summed E-state index contributed by atoms with van der Waals surface area (Å²) in [7, 11) is 0. The predicted octanol–water partition coefficient (Wildman–Crippen LogP) is 2.98. The van der Waals surface area contributed by atoms with E-state index in [1.165, 1.54) is 28.9 Å². The molecule has 3 rings (SSSR count). The fourth-order valence-corrected chi connectivity index (χ4v) is 2.90. The van der Waals surface area contributed by atoms with E-state index in [0.717, 1.165) is 17.3 Å². The SMILES string of the molecule is Cc1ccc(F)cc1NC(=O)CSc1nnc(-c2cccc(F)c2)n1N. The van der Waals surface area contributed by atoms with E-state index in [2.05, 4.69) is 15.5 Å². The Morgan fingerprint density at radius 3 is 2.73 bits per heavy atom. The van der Waals surface area contributed by atoms with Gasteiger partial charge in [0.1, 0.15) is 11.6 Å². The minimum absolute atomic E-state index is 0.00837. The average Bonchev–Trinajstić information content (AvgIpc) is 2.97. The second-order valence-electron chi connectivity index (χ2n) is 5.48. The van der Waals surface area contributed by atoms with Gasteiger partial charge in [-0.3, -0.25) is 4.79 Å². The second kappa shape index (κ2) is 7.52. The number of amides is 1. The van der Waals surface area contributed by atoms with E-state index in [4.69, 9.17) is 5.84 Å². The number of nitrogens with zero attached hydrogens (tertiary/aromatic N) is 3. The molecule has 26 heavy (non-hydrogen) atoms. The number of hydrogen-bond donors (Lipinski definition) is 2. The van der Waals surface area contributed by atoms with Crippen LogP contribution in [0.25, 0.3) is 11.4 Å². The van der Waals surface area contributed by atoms with Crippen molar-refractivity contribution in [3.63, 3.8) is 0 Å². The number of nitrogens with one attached hydrogen (secondary N) is 1. The topological polar surface area (TPSA) is 85.8 Å². The van der Waals surface area contributed by atoms with Gasteiger partial charge in [-0.25, -0.2) is 13.5 Å². The van der Waals surface area contributed by atoms with Crippen molar-refractivity contribution in [2.24, 2.45) is 0 Å². The summed E-state index contributed by atoms with van der Waals surface area (Å²) in [5.41, 5.74) is 1.64. The van der Waals surface area contributed by atoms with Crippen molar-refractivity contribution in [3.8, 4) is 11.4 Å². The first-order valence-electron chi connectivity index (χ1n) is 7.59. The molecule has 0 radical (unpaired) electrons. The van der Waals surface area contributed by atoms with Crippen LogP contribution < -0.4 is 11.2 Å². The van der Waals surface area contributed by atoms with E-state index < -0.39 is 11.6 Å². The average molecular weight is 375 g/mol. The summed E-state index contributed by atoms with van der Waals surface area (Å²) < 4.78 is 27.8. The van der Waals surface area contributed by atoms with E-state index in [9.17, 15) is 13.6 Å². The fourth-order valence-electron chi connectivity index (χ4n) is 2.25. The number of carbonyl (C=O) groups excluding carboxylic acids is 1. The van der Waals surface area contributed by atoms with Crippen LogP contribution in [0.4, 0.5) is 14.5 Å². The third kappa shape index (κ3) is 3.99. The van der Waals surface area contributed by atoms with Crippen molar-refractivity contribution in [2.45, 2.75) is 12.1 Å². The van der Waals surface area contributed by atoms with Crippen molar-refractivity contribution < 1.29 is 13.6 Å². The maximum Gasteiger partial charge on any atom is 0.234 e. The van der Waals surface area contributed by atoms with Crippen LogP contribution in [-0.2, 0) is 4.79 Å². The van der Waals surface area contributed by atoms with E-state index in [1.54, 1.807) is 25.1 Å². The predicted molar refractivity (Wildman–Crippen MR) is 96.1 cm³/mol. The first-order chi connectivity index (χ1) is 12.4. The van der Waals surface area contributed by atoms with Crippen LogP contribution in [0.5, 0.6) is 0 Å². The molecular weight excluding hydrogens is 360 g/mol. The molecule has 0 aliphatic heterocycles. The van der Waals surface area contributed by atoms with Crippen molar-refractivity contribution in [2.75, 3.05) is 16.9 Å². The molecule has 3 N–H and O–H groups in total. The molecule has 1 amide bonds. The maximum absolute atomic E-state index is 13.3. The summed E-state index contributed by atoms with van der Waals surface area (Å²) in [5.74, 6) is 5.05. The molecule has 0 unspecified atom stereocenters. The van der Waals surface area contributed by atoms with Crippen molar-refractivity contribution >= 4 is 23.4 Å². The zero-order valence-corrected chi connectivity index (χ0v) is 14.6. The number of aromatic nitrogens is 3. The first-order valence-corrected chi connectivity index (χ1v) is 8.58. The number of benzene rings is 2. The van der Waals surface area contributed by atoms with E-state index in [0.29, 0.717) is 16.4 Å². The number of hydrogen-bond acceptors (Lipinski definition) is 5. The molecule has 0 fully saturated rings. The summed E-state index contributed by atoms with van der Waals surface area (Å²) in [6.45, 7) is 1.77. The maximum atomic E-state index is 13.3. The monoisotopic (exact) mass is 375 g/mol. The Morgan fingerprint density at radius 1 is 1.19 bits per heavy atom. The molecule has 0 saturated carbocycles. The molecule has 6 nitrogen and oxygen atoms in total. The Balaban J connectivity index is 1.67. The van der Waals surface area contributed by atoms with Crippen molar-refractivity contribution in [1.29, 1.82) is 0 Å². The van der Waals surface area contributed by atoms with Crippen LogP contribution in [-0.4, -0.2) is 26.5 Å². The van der Waals surface area contributed by atoms with E-state index >= 15 is 0 Å². The van der Waals surface area contributed by atoms with Gasteiger partial charge in [0.2, 0.25) is 11.1 Å². The standard InChI is InChI=1S/C17H15F2N5OS/c1-10-5-6-13(19)8-14(10)21-15(25)9-26-17-23-22-16(24(17)20)11-3-2-4-12(18)7-11/h2-8H,9,20H2,1H3,(H,21,25). The van der Waals surface area contributed by atoms with Gasteiger partial charge >= 0.3 is 0 Å². The van der Waals surface area contributed by atoms with Crippen LogP contribution in [0.15, 0.2) is 47.6 Å². The Labute approximate surface area is 152 Å². The minimum atomic E-state index is -0.431. The van der Waals surface area contributed by atoms with Gasteiger partial charge < -0.3 is 11.2 Å². The van der Waals surface area contributed by atoms with Gasteiger partial charge in [0, 0.05) is 11.3 Å². The molecule has 0 aliphatic carbocycles. The quantitative estimate of drug-likeness (QED) is 0.529. The van der Waals surface area contributed by atoms with Gasteiger partial charge in [-0.2, -0.15) is 0 Å². The normalized spacial score (nSPS) is 10.7. The van der Waals surface area contributed by atoms with E-state index in [-0.39, 0.29) is 17.5 Å². The Kier molecular flexibility index (Phi) is 5.17. The number of anilines is 1. The van der Waals surface area contributed by atoms with Gasteiger partial charge in [0.15, 0.2) is 5.82 Å². The lowest BCUT2D eigenvalue weighted by Gasteiger charge is -2.08. The first kappa shape index (κ1) is 17.9. The van der Waals surface area contributed by atoms with Gasteiger partial charge in [-0.1, -0.05) is 30.0 Å². The second-order valence-corrected chi connectivity index (χ2v) is 6.43. The summed E-state index contributed by atoms with van der Waals surface area (Å²) in [6.07, 6.45) is 0. The Morgan fingerprint density at radius 2 is 1.96 bits per heavy atom. The van der Waals surface area contributed by atoms with Crippen molar-refractivity contribution in [3.05, 3.63) is 59.7 Å². The summed E-state index contributed by atoms with van der Waals surface area (Å²) in [4.78, 5) is 12.1. The zero-order valence-electron chi connectivity index (χ0n) is 13.7. The lowest BCUT2D eigenvalue weighted by Crippen LogP contribution is -2.17. The third-order valence-corrected chi connectivity index (χ3v) is 4.50. The molecule has 0 atom stereocenters. The van der Waals surface area contributed by atoms with Gasteiger partial charge in [0.25, 0.3) is 0 Å². The molecule has 9 heteroatoms. The molecule has 134 valence electrons. The van der Waals surface area contributed by atoms with Gasteiger partial charge in [0.05, 0.1) is 5.75 Å². The molecule has 1 heterocycles. The highest BCUT2D eigenvalue weighted by Crippen LogP contribution is 2.22. The van der Waals surface area contributed by atoms with Crippen LogP contribution in [0, 0.1) is 18.6 Å². The molecule has 3 aromatic rings. The van der Waals surface area contributed by atoms with Crippen LogP contribution in [0.2, 0.25) is 0 Å². The number of halogens is 2. The Bertz CT molecular complexity index is 960. The molecule has 0 spiro atoms. The summed E-state index contributed by atoms with van der Waals surface area (Å²) in [6, 6.07) is 9.97. The molecule has 0 saturated heterocycles. The summed E-state index contributed by atoms with van der Waals surface area (Å²) in [5, 5.41) is 10.8. The van der Waals surface area contributed by atoms with E-state index in [1.807, 2.05) is 0 Å². The number of nitrogen functional groups attached to an aromatic ring is 1. The molecular formula is C17H15F2N5OS. The highest BCUT2D eigenvalue weighted by atomic mass is 32.2. The lowest BCUT2D eigenvalue weighted by atomic mass is 10.2. The fraction of sp³-hybridized carbons (Fsp3) is 0.118. The number of carbonyl (C=O) groups is 1. The summed E-state index contributed by atoms with van der Waals surface area (Å²) >= 11 is 1.07. The largest absolute Gasteiger partial charge is 0.335 e.